The van der Waals surface area contributed by atoms with Crippen LogP contribution in [0.2, 0.25) is 0 Å². The van der Waals surface area contributed by atoms with Crippen LogP contribution in [0.1, 0.15) is 5.56 Å². The van der Waals surface area contributed by atoms with Gasteiger partial charge in [-0.1, -0.05) is 22.0 Å². The zero-order valence-electron chi connectivity index (χ0n) is 10.8. The van der Waals surface area contributed by atoms with E-state index in [1.165, 1.54) is 12.3 Å². The normalized spacial score (nSPS) is 11.3. The van der Waals surface area contributed by atoms with E-state index in [0.717, 1.165) is 17.2 Å². The summed E-state index contributed by atoms with van der Waals surface area (Å²) in [6.45, 7) is 0. The molecule has 110 valence electrons. The number of benzene rings is 2. The number of rotatable bonds is 3. The Bertz CT molecular complexity index is 909. The number of aliphatic imine (C=N–C) groups is 1. The summed E-state index contributed by atoms with van der Waals surface area (Å²) in [5.74, 6) is -0.430. The van der Waals surface area contributed by atoms with Crippen LogP contribution in [0.25, 0.3) is 11.0 Å². The predicted molar refractivity (Wildman–Crippen MR) is 87.1 cm³/mol. The number of hydrogen-bond donors (Lipinski definition) is 1. The fourth-order valence-electron chi connectivity index (χ4n) is 1.88. The Kier molecular flexibility index (Phi) is 3.82. The fraction of sp³-hybridized carbons (Fsp3) is 0. The highest BCUT2D eigenvalue weighted by molar-refractivity contribution is 9.10. The van der Waals surface area contributed by atoms with E-state index in [0.29, 0.717) is 15.7 Å². The van der Waals surface area contributed by atoms with Crippen molar-refractivity contribution in [2.75, 3.05) is 0 Å². The Morgan fingerprint density at radius 2 is 2.18 bits per heavy atom. The van der Waals surface area contributed by atoms with Gasteiger partial charge in [0.1, 0.15) is 11.0 Å². The summed E-state index contributed by atoms with van der Waals surface area (Å²) in [6.07, 6.45) is 1.36. The molecule has 3 rings (SSSR count). The van der Waals surface area contributed by atoms with Crippen LogP contribution >= 0.6 is 27.7 Å². The average molecular weight is 379 g/mol. The number of nitro groups is 1. The summed E-state index contributed by atoms with van der Waals surface area (Å²) < 4.78 is 8.75. The molecule has 0 atom stereocenters. The zero-order valence-corrected chi connectivity index (χ0v) is 13.2. The summed E-state index contributed by atoms with van der Waals surface area (Å²) in [6, 6.07) is 8.14. The maximum atomic E-state index is 10.9. The third-order valence-electron chi connectivity index (χ3n) is 2.89. The Hall–Kier alpha value is -2.39. The minimum Gasteiger partial charge on any atom is -0.502 e. The molecule has 0 unspecified atom stereocenters. The smallest absolute Gasteiger partial charge is 0.312 e. The zero-order chi connectivity index (χ0) is 15.7. The van der Waals surface area contributed by atoms with Crippen molar-refractivity contribution in [1.29, 1.82) is 0 Å². The second kappa shape index (κ2) is 5.78. The first-order valence-corrected chi connectivity index (χ1v) is 7.51. The van der Waals surface area contributed by atoms with Gasteiger partial charge in [0.05, 0.1) is 22.3 Å². The van der Waals surface area contributed by atoms with Crippen molar-refractivity contribution < 1.29 is 10.0 Å². The van der Waals surface area contributed by atoms with Crippen molar-refractivity contribution in [3.05, 3.63) is 50.5 Å². The third-order valence-corrected chi connectivity index (χ3v) is 3.89. The van der Waals surface area contributed by atoms with Crippen molar-refractivity contribution in [2.24, 2.45) is 4.99 Å². The number of phenolic OH excluding ortho intramolecular Hbond substituents is 1. The second-order valence-corrected chi connectivity index (χ2v) is 5.73. The molecule has 0 aliphatic carbocycles. The molecule has 22 heavy (non-hydrogen) atoms. The van der Waals surface area contributed by atoms with Gasteiger partial charge < -0.3 is 5.11 Å². The highest BCUT2D eigenvalue weighted by Crippen LogP contribution is 2.33. The van der Waals surface area contributed by atoms with Gasteiger partial charge in [-0.05, 0) is 18.2 Å². The first-order chi connectivity index (χ1) is 10.6. The van der Waals surface area contributed by atoms with E-state index in [-0.39, 0.29) is 11.3 Å². The summed E-state index contributed by atoms with van der Waals surface area (Å²) >= 11 is 4.26. The Labute approximate surface area is 136 Å². The van der Waals surface area contributed by atoms with Crippen molar-refractivity contribution in [3.63, 3.8) is 0 Å². The molecule has 9 heteroatoms. The number of aromatic nitrogens is 2. The molecule has 0 spiro atoms. The molecule has 1 aromatic heterocycles. The van der Waals surface area contributed by atoms with Crippen LogP contribution in [-0.2, 0) is 0 Å². The lowest BCUT2D eigenvalue weighted by atomic mass is 10.2. The van der Waals surface area contributed by atoms with Crippen molar-refractivity contribution in [3.8, 4) is 5.75 Å². The number of fused-ring (bicyclic) bond motifs is 1. The van der Waals surface area contributed by atoms with Gasteiger partial charge >= 0.3 is 5.69 Å². The highest BCUT2D eigenvalue weighted by atomic mass is 79.9. The van der Waals surface area contributed by atoms with E-state index in [1.807, 2.05) is 6.07 Å². The van der Waals surface area contributed by atoms with Crippen LogP contribution in [0.5, 0.6) is 5.75 Å². The fourth-order valence-corrected chi connectivity index (χ4v) is 2.89. The largest absolute Gasteiger partial charge is 0.502 e. The number of nitro benzene ring substituents is 1. The Morgan fingerprint density at radius 1 is 1.36 bits per heavy atom. The second-order valence-electron chi connectivity index (χ2n) is 4.29. The summed E-state index contributed by atoms with van der Waals surface area (Å²) in [4.78, 5) is 14.5. The number of hydrogen-bond acceptors (Lipinski definition) is 7. The Morgan fingerprint density at radius 3 is 2.95 bits per heavy atom. The van der Waals surface area contributed by atoms with Crippen LogP contribution in [0.4, 0.5) is 11.4 Å². The number of halogens is 1. The minimum atomic E-state index is -0.650. The van der Waals surface area contributed by atoms with Crippen LogP contribution < -0.4 is 0 Å². The van der Waals surface area contributed by atoms with Gasteiger partial charge in [-0.15, -0.1) is 0 Å². The lowest BCUT2D eigenvalue weighted by molar-refractivity contribution is -0.385. The standard InChI is InChI=1S/C13H7BrN4O3S/c14-8-4-7(13(19)11(5-8)18(20)21)6-15-9-2-1-3-10-12(9)17-22-16-10/h1-6,19H. The molecule has 0 fully saturated rings. The topological polar surface area (TPSA) is 102 Å². The maximum absolute atomic E-state index is 10.9. The molecule has 3 aromatic rings. The molecule has 1 heterocycles. The van der Waals surface area contributed by atoms with Gasteiger partial charge in [0.25, 0.3) is 0 Å². The van der Waals surface area contributed by atoms with Crippen molar-refractivity contribution >= 4 is 56.3 Å². The lowest BCUT2D eigenvalue weighted by Crippen LogP contribution is -1.92. The summed E-state index contributed by atoms with van der Waals surface area (Å²) in [5.41, 5.74) is 1.80. The first-order valence-electron chi connectivity index (χ1n) is 5.98. The molecule has 0 radical (unpaired) electrons. The molecule has 0 aliphatic rings. The predicted octanol–water partition coefficient (Wildman–Crippen LogP) is 3.82. The first kappa shape index (κ1) is 14.5. The van der Waals surface area contributed by atoms with Gasteiger partial charge in [-0.3, -0.25) is 15.1 Å². The third kappa shape index (κ3) is 2.68. The van der Waals surface area contributed by atoms with Gasteiger partial charge in [-0.2, -0.15) is 8.75 Å². The highest BCUT2D eigenvalue weighted by Gasteiger charge is 2.17. The van der Waals surface area contributed by atoms with Crippen LogP contribution in [0, 0.1) is 10.1 Å². The van der Waals surface area contributed by atoms with E-state index < -0.39 is 10.7 Å². The van der Waals surface area contributed by atoms with Gasteiger partial charge in [0.15, 0.2) is 0 Å². The monoisotopic (exact) mass is 378 g/mol. The van der Waals surface area contributed by atoms with Gasteiger partial charge in [0.2, 0.25) is 5.75 Å². The quantitative estimate of drug-likeness (QED) is 0.424. The molecule has 1 N–H and O–H groups in total. The van der Waals surface area contributed by atoms with E-state index in [1.54, 1.807) is 18.2 Å². The molecule has 0 aliphatic heterocycles. The molecule has 0 bridgehead atoms. The minimum absolute atomic E-state index is 0.237. The summed E-state index contributed by atoms with van der Waals surface area (Å²) in [7, 11) is 0. The maximum Gasteiger partial charge on any atom is 0.312 e. The molecule has 0 amide bonds. The number of phenols is 1. The molecular weight excluding hydrogens is 372 g/mol. The van der Waals surface area contributed by atoms with E-state index in [4.69, 9.17) is 0 Å². The SMILES string of the molecule is O=[N+]([O-])c1cc(Br)cc(C=Nc2cccc3nsnc23)c1O. The van der Waals surface area contributed by atoms with Crippen LogP contribution in [0.15, 0.2) is 39.8 Å². The van der Waals surface area contributed by atoms with Gasteiger partial charge in [-0.25, -0.2) is 0 Å². The average Bonchev–Trinajstić information content (AvgIpc) is 2.96. The van der Waals surface area contributed by atoms with Crippen LogP contribution in [-0.4, -0.2) is 25.0 Å². The van der Waals surface area contributed by atoms with Crippen molar-refractivity contribution in [2.45, 2.75) is 0 Å². The van der Waals surface area contributed by atoms with E-state index >= 15 is 0 Å². The molecule has 0 saturated carbocycles. The lowest BCUT2D eigenvalue weighted by Gasteiger charge is -2.01. The Balaban J connectivity index is 2.06. The van der Waals surface area contributed by atoms with E-state index in [9.17, 15) is 15.2 Å². The molecule has 0 saturated heterocycles. The molecular formula is C13H7BrN4O3S. The molecule has 2 aromatic carbocycles. The number of aromatic hydroxyl groups is 1. The molecule has 7 nitrogen and oxygen atoms in total. The van der Waals surface area contributed by atoms with E-state index in [2.05, 4.69) is 29.7 Å². The van der Waals surface area contributed by atoms with Crippen LogP contribution in [0.3, 0.4) is 0 Å². The number of nitrogens with zero attached hydrogens (tertiary/aromatic N) is 4. The summed E-state index contributed by atoms with van der Waals surface area (Å²) in [5, 5.41) is 20.9. The van der Waals surface area contributed by atoms with Crippen molar-refractivity contribution in [1.82, 2.24) is 8.75 Å². The van der Waals surface area contributed by atoms with Gasteiger partial charge in [0, 0.05) is 22.3 Å².